The number of nitrogens with zero attached hydrogens (tertiary/aromatic N) is 1. The lowest BCUT2D eigenvalue weighted by Gasteiger charge is -2.35. The minimum absolute atomic E-state index is 0.873. The van der Waals surface area contributed by atoms with E-state index in [-0.39, 0.29) is 0 Å². The van der Waals surface area contributed by atoms with E-state index >= 15 is 0 Å². The van der Waals surface area contributed by atoms with Crippen molar-refractivity contribution in [2.24, 2.45) is 0 Å². The Balaban J connectivity index is 2.31. The van der Waals surface area contributed by atoms with Gasteiger partial charge in [0.1, 0.15) is 0 Å². The average Bonchev–Trinajstić information content (AvgIpc) is 2.09. The van der Waals surface area contributed by atoms with E-state index in [0.717, 1.165) is 11.4 Å². The molecule has 0 spiro atoms. The maximum Gasteiger partial charge on any atom is 0.0103 e. The van der Waals surface area contributed by atoms with Crippen molar-refractivity contribution in [1.29, 1.82) is 0 Å². The Morgan fingerprint density at radius 1 is 1.42 bits per heavy atom. The number of alkyl halides is 1. The zero-order valence-corrected chi connectivity index (χ0v) is 9.65. The molecule has 1 unspecified atom stereocenters. The summed E-state index contributed by atoms with van der Waals surface area (Å²) in [5, 5.41) is 1.16. The quantitative estimate of drug-likeness (QED) is 0.676. The molecule has 1 aliphatic heterocycles. The van der Waals surface area contributed by atoms with Gasteiger partial charge in [-0.3, -0.25) is 0 Å². The Hall–Kier alpha value is 0.440. The Kier molecular flexibility index (Phi) is 5.24. The molecule has 2 heteroatoms. The summed E-state index contributed by atoms with van der Waals surface area (Å²) in [6.07, 6.45) is 6.92. The molecule has 1 heterocycles. The van der Waals surface area contributed by atoms with Gasteiger partial charge in [-0.25, -0.2) is 0 Å². The molecule has 0 radical (unpaired) electrons. The van der Waals surface area contributed by atoms with Gasteiger partial charge >= 0.3 is 0 Å². The summed E-state index contributed by atoms with van der Waals surface area (Å²) in [5.41, 5.74) is 0. The van der Waals surface area contributed by atoms with Gasteiger partial charge in [0.2, 0.25) is 0 Å². The molecule has 0 bridgehead atoms. The second kappa shape index (κ2) is 5.98. The Labute approximate surface area is 84.6 Å². The van der Waals surface area contributed by atoms with E-state index in [2.05, 4.69) is 27.8 Å². The predicted molar refractivity (Wildman–Crippen MR) is 57.9 cm³/mol. The summed E-state index contributed by atoms with van der Waals surface area (Å²) >= 11 is 3.54. The fraction of sp³-hybridized carbons (Fsp3) is 1.00. The highest BCUT2D eigenvalue weighted by Crippen LogP contribution is 2.20. The molecule has 1 nitrogen and oxygen atoms in total. The highest BCUT2D eigenvalue weighted by molar-refractivity contribution is 9.09. The van der Waals surface area contributed by atoms with Crippen LogP contribution in [-0.4, -0.2) is 29.4 Å². The first-order chi connectivity index (χ1) is 5.88. The van der Waals surface area contributed by atoms with Gasteiger partial charge in [0.25, 0.3) is 0 Å². The molecule has 0 aromatic heterocycles. The fourth-order valence-electron chi connectivity index (χ4n) is 2.09. The van der Waals surface area contributed by atoms with Crippen molar-refractivity contribution in [3.63, 3.8) is 0 Å². The van der Waals surface area contributed by atoms with Crippen molar-refractivity contribution in [3.05, 3.63) is 0 Å². The lowest BCUT2D eigenvalue weighted by atomic mass is 10.00. The number of hydrogen-bond acceptors (Lipinski definition) is 1. The van der Waals surface area contributed by atoms with E-state index in [4.69, 9.17) is 0 Å². The summed E-state index contributed by atoms with van der Waals surface area (Å²) < 4.78 is 0. The minimum atomic E-state index is 0.873. The van der Waals surface area contributed by atoms with Crippen LogP contribution in [0.15, 0.2) is 0 Å². The minimum Gasteiger partial charge on any atom is -0.300 e. The van der Waals surface area contributed by atoms with Gasteiger partial charge in [-0.05, 0) is 38.8 Å². The van der Waals surface area contributed by atoms with Crippen LogP contribution in [0.1, 0.15) is 39.0 Å². The average molecular weight is 234 g/mol. The highest BCUT2D eigenvalue weighted by Gasteiger charge is 2.20. The van der Waals surface area contributed by atoms with Gasteiger partial charge in [0.15, 0.2) is 0 Å². The summed E-state index contributed by atoms with van der Waals surface area (Å²) in [6.45, 7) is 4.92. The normalized spacial score (nSPS) is 26.0. The Morgan fingerprint density at radius 2 is 2.25 bits per heavy atom. The van der Waals surface area contributed by atoms with E-state index in [0.29, 0.717) is 0 Å². The molecule has 1 aliphatic rings. The molecular weight excluding hydrogens is 214 g/mol. The van der Waals surface area contributed by atoms with Crippen molar-refractivity contribution in [1.82, 2.24) is 4.90 Å². The van der Waals surface area contributed by atoms with E-state index in [1.54, 1.807) is 0 Å². The molecular formula is C10H20BrN. The fourth-order valence-corrected chi connectivity index (χ4v) is 2.62. The zero-order valence-electron chi connectivity index (χ0n) is 8.06. The van der Waals surface area contributed by atoms with Gasteiger partial charge in [-0.15, -0.1) is 0 Å². The van der Waals surface area contributed by atoms with Crippen LogP contribution < -0.4 is 0 Å². The third-order valence-electron chi connectivity index (χ3n) is 2.70. The zero-order chi connectivity index (χ0) is 8.81. The maximum absolute atomic E-state index is 3.54. The van der Waals surface area contributed by atoms with Crippen molar-refractivity contribution in [3.8, 4) is 0 Å². The van der Waals surface area contributed by atoms with E-state index in [1.165, 1.54) is 45.2 Å². The van der Waals surface area contributed by atoms with Crippen molar-refractivity contribution >= 4 is 15.9 Å². The van der Waals surface area contributed by atoms with Crippen LogP contribution >= 0.6 is 15.9 Å². The van der Waals surface area contributed by atoms with Crippen LogP contribution in [-0.2, 0) is 0 Å². The van der Waals surface area contributed by atoms with E-state index in [1.807, 2.05) is 0 Å². The van der Waals surface area contributed by atoms with E-state index in [9.17, 15) is 0 Å². The number of hydrogen-bond donors (Lipinski definition) is 0. The predicted octanol–water partition coefficient (Wildman–Crippen LogP) is 3.04. The van der Waals surface area contributed by atoms with Crippen LogP contribution in [0.5, 0.6) is 0 Å². The molecule has 12 heavy (non-hydrogen) atoms. The van der Waals surface area contributed by atoms with Gasteiger partial charge in [0.05, 0.1) is 0 Å². The lowest BCUT2D eigenvalue weighted by molar-refractivity contribution is 0.145. The lowest BCUT2D eigenvalue weighted by Crippen LogP contribution is -2.40. The molecule has 0 aromatic carbocycles. The Bertz CT molecular complexity index is 98.4. The van der Waals surface area contributed by atoms with Gasteiger partial charge in [-0.2, -0.15) is 0 Å². The first-order valence-corrected chi connectivity index (χ1v) is 6.30. The Morgan fingerprint density at radius 3 is 2.92 bits per heavy atom. The standard InChI is InChI=1S/C10H20BrN/c1-2-8-12-9-4-3-5-10(12)6-7-11/h10H,2-9H2,1H3. The molecule has 0 aromatic rings. The number of piperidine rings is 1. The first kappa shape index (κ1) is 10.5. The highest BCUT2D eigenvalue weighted by atomic mass is 79.9. The SMILES string of the molecule is CCCN1CCCCC1CCBr. The molecule has 1 fully saturated rings. The molecule has 0 saturated carbocycles. The largest absolute Gasteiger partial charge is 0.300 e. The molecule has 1 atom stereocenters. The maximum atomic E-state index is 3.54. The summed E-state index contributed by atoms with van der Waals surface area (Å²) in [7, 11) is 0. The molecule has 0 N–H and O–H groups in total. The van der Waals surface area contributed by atoms with E-state index < -0.39 is 0 Å². The van der Waals surface area contributed by atoms with Gasteiger partial charge in [-0.1, -0.05) is 29.3 Å². The second-order valence-electron chi connectivity index (χ2n) is 3.66. The van der Waals surface area contributed by atoms with Crippen LogP contribution in [0.25, 0.3) is 0 Å². The second-order valence-corrected chi connectivity index (χ2v) is 4.46. The molecule has 1 rings (SSSR count). The number of halogens is 1. The van der Waals surface area contributed by atoms with Gasteiger partial charge < -0.3 is 4.90 Å². The van der Waals surface area contributed by atoms with Crippen LogP contribution in [0.4, 0.5) is 0 Å². The van der Waals surface area contributed by atoms with Crippen molar-refractivity contribution in [2.45, 2.75) is 45.1 Å². The summed E-state index contributed by atoms with van der Waals surface area (Å²) in [6, 6.07) is 0.873. The molecule has 0 aliphatic carbocycles. The first-order valence-electron chi connectivity index (χ1n) is 5.18. The van der Waals surface area contributed by atoms with Crippen LogP contribution in [0.2, 0.25) is 0 Å². The smallest absolute Gasteiger partial charge is 0.0103 e. The molecule has 72 valence electrons. The summed E-state index contributed by atoms with van der Waals surface area (Å²) in [5.74, 6) is 0. The molecule has 1 saturated heterocycles. The topological polar surface area (TPSA) is 3.24 Å². The monoisotopic (exact) mass is 233 g/mol. The number of likely N-dealkylation sites (tertiary alicyclic amines) is 1. The third-order valence-corrected chi connectivity index (χ3v) is 3.16. The third kappa shape index (κ3) is 3.06. The van der Waals surface area contributed by atoms with Crippen molar-refractivity contribution < 1.29 is 0 Å². The molecule has 0 amide bonds. The van der Waals surface area contributed by atoms with Crippen LogP contribution in [0, 0.1) is 0 Å². The van der Waals surface area contributed by atoms with Crippen LogP contribution in [0.3, 0.4) is 0 Å². The number of rotatable bonds is 4. The van der Waals surface area contributed by atoms with Crippen molar-refractivity contribution in [2.75, 3.05) is 18.4 Å². The van der Waals surface area contributed by atoms with Gasteiger partial charge in [0, 0.05) is 11.4 Å². The summed E-state index contributed by atoms with van der Waals surface area (Å²) in [4.78, 5) is 2.67.